The Morgan fingerprint density at radius 2 is 1.06 bits per heavy atom. The SMILES string of the molecule is OC(F)C(O)c1ccccc1C(O)C(O)F. The third-order valence-corrected chi connectivity index (χ3v) is 2.15. The first-order valence-corrected chi connectivity index (χ1v) is 4.54. The minimum Gasteiger partial charge on any atom is -0.383 e. The van der Waals surface area contributed by atoms with Crippen LogP contribution in [-0.4, -0.2) is 33.1 Å². The molecule has 4 N–H and O–H groups in total. The minimum absolute atomic E-state index is 0.179. The standard InChI is InChI=1S/C10H12F2O4/c11-9(15)7(13)5-3-1-2-4-6(5)8(14)10(12)16/h1-4,7-10,13-16H. The number of rotatable bonds is 4. The van der Waals surface area contributed by atoms with Gasteiger partial charge in [-0.15, -0.1) is 0 Å². The highest BCUT2D eigenvalue weighted by Crippen LogP contribution is 2.28. The largest absolute Gasteiger partial charge is 0.383 e. The van der Waals surface area contributed by atoms with Gasteiger partial charge >= 0.3 is 0 Å². The van der Waals surface area contributed by atoms with Crippen LogP contribution < -0.4 is 0 Å². The van der Waals surface area contributed by atoms with E-state index in [1.54, 1.807) is 0 Å². The Kier molecular flexibility index (Phi) is 4.31. The number of hydrogen-bond donors (Lipinski definition) is 4. The van der Waals surface area contributed by atoms with Crippen LogP contribution >= 0.6 is 0 Å². The lowest BCUT2D eigenvalue weighted by molar-refractivity contribution is -0.0783. The molecule has 0 saturated heterocycles. The monoisotopic (exact) mass is 234 g/mol. The summed E-state index contributed by atoms with van der Waals surface area (Å²) in [5.41, 5.74) is -0.358. The second-order valence-corrected chi connectivity index (χ2v) is 3.26. The zero-order chi connectivity index (χ0) is 12.3. The summed E-state index contributed by atoms with van der Waals surface area (Å²) in [6, 6.07) is 5.27. The topological polar surface area (TPSA) is 80.9 Å². The molecule has 4 unspecified atom stereocenters. The quantitative estimate of drug-likeness (QED) is 0.605. The summed E-state index contributed by atoms with van der Waals surface area (Å²) < 4.78 is 25.0. The molecule has 0 spiro atoms. The summed E-state index contributed by atoms with van der Waals surface area (Å²) in [5, 5.41) is 35.7. The van der Waals surface area contributed by atoms with E-state index in [4.69, 9.17) is 10.2 Å². The number of aliphatic hydroxyl groups is 4. The first-order chi connectivity index (χ1) is 7.45. The van der Waals surface area contributed by atoms with E-state index in [1.807, 2.05) is 0 Å². The summed E-state index contributed by atoms with van der Waals surface area (Å²) in [5.74, 6) is 0. The van der Waals surface area contributed by atoms with Crippen LogP contribution in [0.5, 0.6) is 0 Å². The Morgan fingerprint density at radius 3 is 1.31 bits per heavy atom. The predicted molar refractivity (Wildman–Crippen MR) is 50.6 cm³/mol. The lowest BCUT2D eigenvalue weighted by Gasteiger charge is -2.19. The molecule has 1 aromatic carbocycles. The molecule has 0 saturated carbocycles. The Balaban J connectivity index is 3.09. The number of benzene rings is 1. The molecule has 0 bridgehead atoms. The van der Waals surface area contributed by atoms with Gasteiger partial charge in [-0.1, -0.05) is 24.3 Å². The summed E-state index contributed by atoms with van der Waals surface area (Å²) >= 11 is 0. The zero-order valence-electron chi connectivity index (χ0n) is 8.16. The lowest BCUT2D eigenvalue weighted by atomic mass is 9.98. The summed E-state index contributed by atoms with van der Waals surface area (Å²) in [6.45, 7) is 0. The van der Waals surface area contributed by atoms with Crippen molar-refractivity contribution in [3.05, 3.63) is 35.4 Å². The van der Waals surface area contributed by atoms with Crippen molar-refractivity contribution in [2.24, 2.45) is 0 Å². The van der Waals surface area contributed by atoms with E-state index < -0.39 is 24.9 Å². The maximum Gasteiger partial charge on any atom is 0.226 e. The fourth-order valence-corrected chi connectivity index (χ4v) is 1.35. The highest BCUT2D eigenvalue weighted by atomic mass is 19.1. The van der Waals surface area contributed by atoms with Crippen molar-refractivity contribution < 1.29 is 29.2 Å². The molecule has 90 valence electrons. The van der Waals surface area contributed by atoms with Gasteiger partial charge in [0.1, 0.15) is 12.2 Å². The van der Waals surface area contributed by atoms with Crippen molar-refractivity contribution in [2.75, 3.05) is 0 Å². The van der Waals surface area contributed by atoms with E-state index in [9.17, 15) is 19.0 Å². The fraction of sp³-hybridized carbons (Fsp3) is 0.400. The third kappa shape index (κ3) is 2.73. The van der Waals surface area contributed by atoms with Crippen LogP contribution in [0.15, 0.2) is 24.3 Å². The Bertz CT molecular complexity index is 310. The van der Waals surface area contributed by atoms with Crippen LogP contribution in [0.2, 0.25) is 0 Å². The van der Waals surface area contributed by atoms with E-state index in [2.05, 4.69) is 0 Å². The van der Waals surface area contributed by atoms with E-state index in [0.717, 1.165) is 0 Å². The van der Waals surface area contributed by atoms with Gasteiger partial charge in [-0.3, -0.25) is 0 Å². The average molecular weight is 234 g/mol. The van der Waals surface area contributed by atoms with Crippen molar-refractivity contribution in [3.8, 4) is 0 Å². The molecule has 0 aliphatic carbocycles. The zero-order valence-corrected chi connectivity index (χ0v) is 8.16. The van der Waals surface area contributed by atoms with Gasteiger partial charge in [-0.2, -0.15) is 0 Å². The molecule has 0 heterocycles. The Morgan fingerprint density at radius 1 is 0.750 bits per heavy atom. The van der Waals surface area contributed by atoms with Gasteiger partial charge in [0.15, 0.2) is 0 Å². The van der Waals surface area contributed by atoms with Gasteiger partial charge in [-0.05, 0) is 11.1 Å². The number of hydrogen-bond acceptors (Lipinski definition) is 4. The molecule has 6 heteroatoms. The normalized spacial score (nSPS) is 18.9. The van der Waals surface area contributed by atoms with Gasteiger partial charge in [0.25, 0.3) is 0 Å². The van der Waals surface area contributed by atoms with Crippen LogP contribution in [0, 0.1) is 0 Å². The van der Waals surface area contributed by atoms with Crippen molar-refractivity contribution in [1.82, 2.24) is 0 Å². The first kappa shape index (κ1) is 13.0. The van der Waals surface area contributed by atoms with Crippen LogP contribution in [-0.2, 0) is 0 Å². The summed E-state index contributed by atoms with van der Waals surface area (Å²) in [6.07, 6.45) is -8.90. The van der Waals surface area contributed by atoms with Crippen LogP contribution in [0.4, 0.5) is 8.78 Å². The Hall–Kier alpha value is -1.08. The highest BCUT2D eigenvalue weighted by Gasteiger charge is 2.26. The molecule has 0 aliphatic rings. The molecule has 1 aromatic rings. The van der Waals surface area contributed by atoms with Crippen molar-refractivity contribution in [3.63, 3.8) is 0 Å². The molecule has 0 aliphatic heterocycles. The molecular weight excluding hydrogens is 222 g/mol. The smallest absolute Gasteiger partial charge is 0.226 e. The van der Waals surface area contributed by atoms with E-state index in [-0.39, 0.29) is 11.1 Å². The molecular formula is C10H12F2O4. The van der Waals surface area contributed by atoms with E-state index in [1.165, 1.54) is 24.3 Å². The minimum atomic E-state index is -2.55. The predicted octanol–water partition coefficient (Wildman–Crippen LogP) is 0.329. The van der Waals surface area contributed by atoms with Gasteiger partial charge < -0.3 is 20.4 Å². The molecule has 0 radical (unpaired) electrons. The maximum atomic E-state index is 12.5. The van der Waals surface area contributed by atoms with Crippen molar-refractivity contribution in [1.29, 1.82) is 0 Å². The van der Waals surface area contributed by atoms with Crippen molar-refractivity contribution in [2.45, 2.75) is 24.9 Å². The fourth-order valence-electron chi connectivity index (χ4n) is 1.35. The number of halogens is 2. The van der Waals surface area contributed by atoms with Crippen LogP contribution in [0.25, 0.3) is 0 Å². The second kappa shape index (κ2) is 5.31. The van der Waals surface area contributed by atoms with Gasteiger partial charge in [0.2, 0.25) is 12.7 Å². The van der Waals surface area contributed by atoms with Crippen LogP contribution in [0.1, 0.15) is 23.3 Å². The van der Waals surface area contributed by atoms with Crippen molar-refractivity contribution >= 4 is 0 Å². The first-order valence-electron chi connectivity index (χ1n) is 4.54. The van der Waals surface area contributed by atoms with E-state index in [0.29, 0.717) is 0 Å². The number of aliphatic hydroxyl groups excluding tert-OH is 4. The lowest BCUT2D eigenvalue weighted by Crippen LogP contribution is -2.19. The molecule has 16 heavy (non-hydrogen) atoms. The molecule has 1 rings (SSSR count). The third-order valence-electron chi connectivity index (χ3n) is 2.15. The molecule has 0 fully saturated rings. The number of alkyl halides is 2. The van der Waals surface area contributed by atoms with Crippen LogP contribution in [0.3, 0.4) is 0 Å². The molecule has 4 atom stereocenters. The molecule has 0 amide bonds. The summed E-state index contributed by atoms with van der Waals surface area (Å²) in [4.78, 5) is 0. The Labute approximate surface area is 90.4 Å². The average Bonchev–Trinajstić information content (AvgIpc) is 2.26. The van der Waals surface area contributed by atoms with Gasteiger partial charge in [-0.25, -0.2) is 8.78 Å². The van der Waals surface area contributed by atoms with Gasteiger partial charge in [0.05, 0.1) is 0 Å². The summed E-state index contributed by atoms with van der Waals surface area (Å²) in [7, 11) is 0. The molecule has 0 aromatic heterocycles. The molecule has 4 nitrogen and oxygen atoms in total. The van der Waals surface area contributed by atoms with Gasteiger partial charge in [0, 0.05) is 0 Å². The second-order valence-electron chi connectivity index (χ2n) is 3.26. The maximum absolute atomic E-state index is 12.5. The highest BCUT2D eigenvalue weighted by molar-refractivity contribution is 5.31. The van der Waals surface area contributed by atoms with E-state index >= 15 is 0 Å².